The van der Waals surface area contributed by atoms with Gasteiger partial charge in [0.25, 0.3) is 0 Å². The fraction of sp³-hybridized carbons (Fsp3) is 0.444. The molecule has 1 atom stereocenters. The summed E-state index contributed by atoms with van der Waals surface area (Å²) < 4.78 is 11.3. The molecule has 1 N–H and O–H groups in total. The summed E-state index contributed by atoms with van der Waals surface area (Å²) in [6.07, 6.45) is 2.48. The van der Waals surface area contributed by atoms with Gasteiger partial charge in [-0.3, -0.25) is 4.79 Å². The van der Waals surface area contributed by atoms with E-state index in [0.29, 0.717) is 31.1 Å². The van der Waals surface area contributed by atoms with Crippen molar-refractivity contribution in [1.29, 1.82) is 0 Å². The first kappa shape index (κ1) is 16.8. The largest absolute Gasteiger partial charge is 0.490 e. The Labute approximate surface area is 145 Å². The van der Waals surface area contributed by atoms with Gasteiger partial charge < -0.3 is 14.6 Å². The fourth-order valence-corrected chi connectivity index (χ4v) is 4.13. The number of hydrogen-bond donors (Lipinski definition) is 1. The molecule has 1 aromatic carbocycles. The Kier molecular flexibility index (Phi) is 5.04. The number of carbonyl (C=O) groups is 1. The van der Waals surface area contributed by atoms with Gasteiger partial charge in [0.2, 0.25) is 0 Å². The molecule has 0 amide bonds. The minimum Gasteiger partial charge on any atom is -0.490 e. The monoisotopic (exact) mass is 347 g/mol. The number of aromatic nitrogens is 1. The van der Waals surface area contributed by atoms with Crippen LogP contribution in [0.25, 0.3) is 10.6 Å². The maximum Gasteiger partial charge on any atom is 0.312 e. The van der Waals surface area contributed by atoms with Crippen LogP contribution in [-0.2, 0) is 11.2 Å². The van der Waals surface area contributed by atoms with Crippen LogP contribution in [0.3, 0.4) is 0 Å². The number of benzene rings is 1. The van der Waals surface area contributed by atoms with Crippen LogP contribution in [0, 0.1) is 0 Å². The Morgan fingerprint density at radius 1 is 1.29 bits per heavy atom. The van der Waals surface area contributed by atoms with Gasteiger partial charge in [0.1, 0.15) is 5.01 Å². The number of fused-ring (bicyclic) bond motifs is 1. The molecule has 5 nitrogen and oxygen atoms in total. The second kappa shape index (κ2) is 7.21. The summed E-state index contributed by atoms with van der Waals surface area (Å²) in [6.45, 7) is 5.00. The molecule has 0 bridgehead atoms. The van der Waals surface area contributed by atoms with Gasteiger partial charge in [0.05, 0.1) is 24.8 Å². The van der Waals surface area contributed by atoms with E-state index in [0.717, 1.165) is 34.0 Å². The van der Waals surface area contributed by atoms with Crippen molar-refractivity contribution in [3.63, 3.8) is 0 Å². The normalized spacial score (nSPS) is 16.5. The Bertz CT molecular complexity index is 741. The van der Waals surface area contributed by atoms with Crippen molar-refractivity contribution >= 4 is 17.3 Å². The predicted molar refractivity (Wildman–Crippen MR) is 93.2 cm³/mol. The molecule has 1 heterocycles. The highest BCUT2D eigenvalue weighted by atomic mass is 32.1. The molecule has 24 heavy (non-hydrogen) atoms. The van der Waals surface area contributed by atoms with E-state index < -0.39 is 11.9 Å². The van der Waals surface area contributed by atoms with Crippen LogP contribution in [0.2, 0.25) is 0 Å². The van der Waals surface area contributed by atoms with E-state index in [9.17, 15) is 9.90 Å². The molecule has 6 heteroatoms. The molecule has 0 fully saturated rings. The lowest BCUT2D eigenvalue weighted by molar-refractivity contribution is -0.139. The highest BCUT2D eigenvalue weighted by Gasteiger charge is 2.30. The third kappa shape index (κ3) is 3.24. The quantitative estimate of drug-likeness (QED) is 0.851. The smallest absolute Gasteiger partial charge is 0.312 e. The van der Waals surface area contributed by atoms with Crippen LogP contribution in [0.5, 0.6) is 11.5 Å². The second-order valence-electron chi connectivity index (χ2n) is 5.64. The Morgan fingerprint density at radius 3 is 2.75 bits per heavy atom. The first-order chi connectivity index (χ1) is 11.6. The number of thiazole rings is 1. The van der Waals surface area contributed by atoms with E-state index in [1.165, 1.54) is 0 Å². The first-order valence-corrected chi connectivity index (χ1v) is 9.08. The topological polar surface area (TPSA) is 68.7 Å². The summed E-state index contributed by atoms with van der Waals surface area (Å²) in [5.74, 6) is 0.148. The van der Waals surface area contributed by atoms with Crippen LogP contribution >= 0.6 is 11.3 Å². The number of carboxylic acids is 1. The van der Waals surface area contributed by atoms with Crippen LogP contribution in [0.4, 0.5) is 0 Å². The zero-order chi connectivity index (χ0) is 17.1. The van der Waals surface area contributed by atoms with Gasteiger partial charge in [-0.2, -0.15) is 0 Å². The first-order valence-electron chi connectivity index (χ1n) is 8.26. The summed E-state index contributed by atoms with van der Waals surface area (Å²) in [5.41, 5.74) is 1.67. The van der Waals surface area contributed by atoms with E-state index in [1.54, 1.807) is 11.3 Å². The Hall–Kier alpha value is -2.08. The number of carboxylic acid groups (broad SMARTS) is 1. The number of nitrogens with zero attached hydrogens (tertiary/aromatic N) is 1. The SMILES string of the molecule is CCOc1ccc(-c2nc3c(s2)CCCC3C(=O)O)cc1OCC. The second-order valence-corrected chi connectivity index (χ2v) is 6.72. The molecule has 0 saturated heterocycles. The van der Waals surface area contributed by atoms with Gasteiger partial charge in [0, 0.05) is 10.4 Å². The molecule has 1 aromatic heterocycles. The molecule has 0 spiro atoms. The predicted octanol–water partition coefficient (Wildman–Crippen LogP) is 4.11. The molecule has 1 unspecified atom stereocenters. The summed E-state index contributed by atoms with van der Waals surface area (Å²) in [5, 5.41) is 10.2. The molecule has 0 aliphatic heterocycles. The van der Waals surface area contributed by atoms with E-state index >= 15 is 0 Å². The summed E-state index contributed by atoms with van der Waals surface area (Å²) in [4.78, 5) is 17.2. The van der Waals surface area contributed by atoms with Crippen LogP contribution in [0.15, 0.2) is 18.2 Å². The Morgan fingerprint density at radius 2 is 2.04 bits per heavy atom. The van der Waals surface area contributed by atoms with E-state index in [-0.39, 0.29) is 0 Å². The van der Waals surface area contributed by atoms with Crippen molar-refractivity contribution in [2.45, 2.75) is 39.0 Å². The van der Waals surface area contributed by atoms with Crippen molar-refractivity contribution < 1.29 is 19.4 Å². The lowest BCUT2D eigenvalue weighted by Gasteiger charge is -2.16. The average molecular weight is 347 g/mol. The molecule has 1 aliphatic rings. The molecule has 128 valence electrons. The van der Waals surface area contributed by atoms with Crippen LogP contribution in [-0.4, -0.2) is 29.3 Å². The van der Waals surface area contributed by atoms with E-state index in [4.69, 9.17) is 9.47 Å². The molecular formula is C18H21NO4S. The van der Waals surface area contributed by atoms with Crippen molar-refractivity contribution in [1.82, 2.24) is 4.98 Å². The van der Waals surface area contributed by atoms with Gasteiger partial charge in [0.15, 0.2) is 11.5 Å². The van der Waals surface area contributed by atoms with E-state index in [1.807, 2.05) is 32.0 Å². The molecular weight excluding hydrogens is 326 g/mol. The Balaban J connectivity index is 1.97. The number of aryl methyl sites for hydroxylation is 1. The zero-order valence-corrected chi connectivity index (χ0v) is 14.7. The third-order valence-electron chi connectivity index (χ3n) is 4.04. The highest BCUT2D eigenvalue weighted by Crippen LogP contribution is 2.40. The van der Waals surface area contributed by atoms with Crippen molar-refractivity contribution in [3.05, 3.63) is 28.8 Å². The van der Waals surface area contributed by atoms with Crippen molar-refractivity contribution in [2.75, 3.05) is 13.2 Å². The van der Waals surface area contributed by atoms with Crippen LogP contribution in [0.1, 0.15) is 43.2 Å². The van der Waals surface area contributed by atoms with E-state index in [2.05, 4.69) is 4.98 Å². The summed E-state index contributed by atoms with van der Waals surface area (Å²) in [7, 11) is 0. The van der Waals surface area contributed by atoms with Gasteiger partial charge in [-0.05, 0) is 51.3 Å². The van der Waals surface area contributed by atoms with Crippen LogP contribution < -0.4 is 9.47 Å². The number of rotatable bonds is 6. The average Bonchev–Trinajstić information content (AvgIpc) is 3.00. The zero-order valence-electron chi connectivity index (χ0n) is 13.9. The van der Waals surface area contributed by atoms with Gasteiger partial charge in [-0.1, -0.05) is 0 Å². The van der Waals surface area contributed by atoms with Gasteiger partial charge in [-0.25, -0.2) is 4.98 Å². The van der Waals surface area contributed by atoms with Crippen molar-refractivity contribution in [2.24, 2.45) is 0 Å². The molecule has 1 aliphatic carbocycles. The standard InChI is InChI=1S/C18H21NO4S/c1-3-22-13-9-8-11(10-14(13)23-4-2)17-19-16-12(18(20)21)6-5-7-15(16)24-17/h8-10,12H,3-7H2,1-2H3,(H,20,21). The maximum absolute atomic E-state index is 11.4. The van der Waals surface area contributed by atoms with Crippen molar-refractivity contribution in [3.8, 4) is 22.1 Å². The summed E-state index contributed by atoms with van der Waals surface area (Å²) >= 11 is 1.58. The van der Waals surface area contributed by atoms with Gasteiger partial charge >= 0.3 is 5.97 Å². The fourth-order valence-electron chi connectivity index (χ4n) is 2.97. The maximum atomic E-state index is 11.4. The van der Waals surface area contributed by atoms with Gasteiger partial charge in [-0.15, -0.1) is 11.3 Å². The molecule has 0 saturated carbocycles. The number of ether oxygens (including phenoxy) is 2. The number of aliphatic carboxylic acids is 1. The third-order valence-corrected chi connectivity index (χ3v) is 5.22. The molecule has 0 radical (unpaired) electrons. The number of hydrogen-bond acceptors (Lipinski definition) is 5. The lowest BCUT2D eigenvalue weighted by atomic mass is 9.91. The minimum absolute atomic E-state index is 0.479. The lowest BCUT2D eigenvalue weighted by Crippen LogP contribution is -2.17. The highest BCUT2D eigenvalue weighted by molar-refractivity contribution is 7.15. The minimum atomic E-state index is -0.783. The summed E-state index contributed by atoms with van der Waals surface area (Å²) in [6, 6.07) is 5.76. The molecule has 2 aromatic rings. The molecule has 3 rings (SSSR count).